The minimum Gasteiger partial charge on any atom is -0.341 e. The van der Waals surface area contributed by atoms with Crippen LogP contribution in [0.4, 0.5) is 4.79 Å². The Morgan fingerprint density at radius 1 is 1.03 bits per heavy atom. The fourth-order valence-electron chi connectivity index (χ4n) is 5.06. The van der Waals surface area contributed by atoms with Crippen molar-refractivity contribution < 1.29 is 14.4 Å². The summed E-state index contributed by atoms with van der Waals surface area (Å²) in [5.41, 5.74) is 1.98. The molecule has 1 N–H and O–H groups in total. The number of hydrogen-bond donors (Lipinski definition) is 1. The monoisotopic (exact) mass is 441 g/mol. The molecule has 0 spiro atoms. The molecule has 0 aliphatic carbocycles. The molecule has 2 saturated heterocycles. The molecule has 6 heteroatoms. The maximum Gasteiger partial charge on any atom is 0.325 e. The van der Waals surface area contributed by atoms with Crippen molar-refractivity contribution in [1.29, 1.82) is 0 Å². The molecule has 2 fully saturated rings. The van der Waals surface area contributed by atoms with Crippen LogP contribution in [-0.2, 0) is 15.1 Å². The van der Waals surface area contributed by atoms with Crippen molar-refractivity contribution in [2.24, 2.45) is 0 Å². The second kappa shape index (κ2) is 8.03. The number of rotatable bonds is 4. The number of carbonyl (C=O) groups excluding carboxylic acids is 3. The van der Waals surface area contributed by atoms with Gasteiger partial charge in [0.2, 0.25) is 5.91 Å². The summed E-state index contributed by atoms with van der Waals surface area (Å²) < 4.78 is 0. The summed E-state index contributed by atoms with van der Waals surface area (Å²) in [5.74, 6) is -0.316. The molecule has 6 nitrogen and oxygen atoms in total. The molecule has 3 aromatic rings. The molecule has 0 radical (unpaired) electrons. The molecule has 168 valence electrons. The number of nitrogens with one attached hydrogen (secondary N) is 1. The van der Waals surface area contributed by atoms with Gasteiger partial charge in [-0.05, 0) is 53.8 Å². The van der Waals surface area contributed by atoms with Crippen molar-refractivity contribution in [3.8, 4) is 0 Å². The predicted molar refractivity (Wildman–Crippen MR) is 127 cm³/mol. The number of fused-ring (bicyclic) bond motifs is 1. The van der Waals surface area contributed by atoms with Gasteiger partial charge in [-0.25, -0.2) is 4.79 Å². The predicted octanol–water partition coefficient (Wildman–Crippen LogP) is 3.93. The molecule has 4 amide bonds. The van der Waals surface area contributed by atoms with Gasteiger partial charge in [-0.2, -0.15) is 0 Å². The highest BCUT2D eigenvalue weighted by atomic mass is 16.2. The van der Waals surface area contributed by atoms with Crippen molar-refractivity contribution in [1.82, 2.24) is 15.1 Å². The van der Waals surface area contributed by atoms with Crippen LogP contribution in [0.3, 0.4) is 0 Å². The molecular weight excluding hydrogens is 414 g/mol. The van der Waals surface area contributed by atoms with E-state index < -0.39 is 17.5 Å². The van der Waals surface area contributed by atoms with E-state index >= 15 is 0 Å². The van der Waals surface area contributed by atoms with Crippen molar-refractivity contribution in [2.75, 3.05) is 19.6 Å². The van der Waals surface area contributed by atoms with Gasteiger partial charge in [0.15, 0.2) is 0 Å². The van der Waals surface area contributed by atoms with Crippen molar-refractivity contribution >= 4 is 28.6 Å². The third kappa shape index (κ3) is 3.65. The summed E-state index contributed by atoms with van der Waals surface area (Å²) in [6.07, 6.45) is 0.880. The first-order valence-electron chi connectivity index (χ1n) is 11.3. The first kappa shape index (κ1) is 21.2. The van der Waals surface area contributed by atoms with Crippen LogP contribution in [0.2, 0.25) is 0 Å². The van der Waals surface area contributed by atoms with Gasteiger partial charge in [0.25, 0.3) is 5.91 Å². The van der Waals surface area contributed by atoms with Crippen LogP contribution in [0.5, 0.6) is 0 Å². The first-order chi connectivity index (χ1) is 15.9. The van der Waals surface area contributed by atoms with E-state index in [9.17, 15) is 14.4 Å². The molecule has 2 unspecified atom stereocenters. The lowest BCUT2D eigenvalue weighted by Crippen LogP contribution is -2.44. The summed E-state index contributed by atoms with van der Waals surface area (Å²) >= 11 is 0. The van der Waals surface area contributed by atoms with Crippen LogP contribution in [0.25, 0.3) is 10.8 Å². The maximum atomic E-state index is 13.3. The van der Waals surface area contributed by atoms with E-state index in [4.69, 9.17) is 0 Å². The van der Waals surface area contributed by atoms with Crippen LogP contribution >= 0.6 is 0 Å². The van der Waals surface area contributed by atoms with Crippen LogP contribution in [0, 0.1) is 6.92 Å². The zero-order valence-corrected chi connectivity index (χ0v) is 18.9. The van der Waals surface area contributed by atoms with Gasteiger partial charge in [0.1, 0.15) is 12.1 Å². The van der Waals surface area contributed by atoms with Crippen molar-refractivity contribution in [3.63, 3.8) is 0 Å². The number of amides is 4. The molecule has 2 atom stereocenters. The summed E-state index contributed by atoms with van der Waals surface area (Å²) in [5, 5.41) is 4.87. The third-order valence-corrected chi connectivity index (χ3v) is 7.06. The SMILES string of the molecule is Cc1ccccc1C1CCN(C(=O)CN2C(=O)NC(C)(c3ccc4ccccc4c3)C2=O)C1. The molecule has 2 aliphatic rings. The highest BCUT2D eigenvalue weighted by molar-refractivity contribution is 6.09. The Hall–Kier alpha value is -3.67. The highest BCUT2D eigenvalue weighted by Crippen LogP contribution is 2.32. The molecule has 2 aliphatic heterocycles. The Bertz CT molecular complexity index is 1270. The summed E-state index contributed by atoms with van der Waals surface area (Å²) in [6.45, 7) is 4.78. The van der Waals surface area contributed by atoms with Crippen LogP contribution in [0.1, 0.15) is 36.0 Å². The van der Waals surface area contributed by atoms with E-state index in [2.05, 4.69) is 24.4 Å². The Morgan fingerprint density at radius 2 is 1.76 bits per heavy atom. The van der Waals surface area contributed by atoms with E-state index in [0.29, 0.717) is 18.7 Å². The molecule has 2 heterocycles. The van der Waals surface area contributed by atoms with Gasteiger partial charge in [0.05, 0.1) is 0 Å². The quantitative estimate of drug-likeness (QED) is 0.624. The summed E-state index contributed by atoms with van der Waals surface area (Å²) in [6, 6.07) is 21.3. The number of hydrogen-bond acceptors (Lipinski definition) is 3. The number of aryl methyl sites for hydroxylation is 1. The number of urea groups is 1. The average Bonchev–Trinajstić information content (AvgIpc) is 3.39. The minimum atomic E-state index is -1.20. The zero-order valence-electron chi connectivity index (χ0n) is 18.9. The normalized spacial score (nSPS) is 22.8. The van der Waals surface area contributed by atoms with Gasteiger partial charge in [-0.3, -0.25) is 14.5 Å². The van der Waals surface area contributed by atoms with E-state index in [1.54, 1.807) is 11.8 Å². The average molecular weight is 442 g/mol. The lowest BCUT2D eigenvalue weighted by Gasteiger charge is -2.23. The maximum absolute atomic E-state index is 13.3. The van der Waals surface area contributed by atoms with Crippen molar-refractivity contribution in [3.05, 3.63) is 83.4 Å². The zero-order chi connectivity index (χ0) is 23.2. The summed E-state index contributed by atoms with van der Waals surface area (Å²) in [7, 11) is 0. The Balaban J connectivity index is 1.31. The largest absolute Gasteiger partial charge is 0.341 e. The first-order valence-corrected chi connectivity index (χ1v) is 11.3. The minimum absolute atomic E-state index is 0.197. The number of benzene rings is 3. The number of nitrogens with zero attached hydrogens (tertiary/aromatic N) is 2. The van der Waals surface area contributed by atoms with Crippen LogP contribution in [-0.4, -0.2) is 47.3 Å². The van der Waals surface area contributed by atoms with Gasteiger partial charge in [-0.15, -0.1) is 0 Å². The topological polar surface area (TPSA) is 69.7 Å². The van der Waals surface area contributed by atoms with E-state index in [1.165, 1.54) is 11.1 Å². The fourth-order valence-corrected chi connectivity index (χ4v) is 5.06. The van der Waals surface area contributed by atoms with Gasteiger partial charge >= 0.3 is 6.03 Å². The lowest BCUT2D eigenvalue weighted by molar-refractivity contribution is -0.138. The Morgan fingerprint density at radius 3 is 2.55 bits per heavy atom. The molecule has 0 bridgehead atoms. The summed E-state index contributed by atoms with van der Waals surface area (Å²) in [4.78, 5) is 41.9. The fraction of sp³-hybridized carbons (Fsp3) is 0.296. The second-order valence-electron chi connectivity index (χ2n) is 9.19. The molecule has 0 saturated carbocycles. The van der Waals surface area contributed by atoms with E-state index in [-0.39, 0.29) is 18.4 Å². The lowest BCUT2D eigenvalue weighted by atomic mass is 9.90. The Labute approximate surface area is 193 Å². The molecule has 33 heavy (non-hydrogen) atoms. The standard InChI is InChI=1S/C27H27N3O3/c1-18-7-3-6-10-23(18)21-13-14-29(16-21)24(31)17-30-25(32)27(2,28-26(30)33)22-12-11-19-8-4-5-9-20(19)15-22/h3-12,15,21H,13-14,16-17H2,1-2H3,(H,28,33). The van der Waals surface area contributed by atoms with Gasteiger partial charge in [0, 0.05) is 19.0 Å². The van der Waals surface area contributed by atoms with Gasteiger partial charge in [-0.1, -0.05) is 60.7 Å². The smallest absolute Gasteiger partial charge is 0.325 e. The molecule has 0 aromatic heterocycles. The van der Waals surface area contributed by atoms with E-state index in [0.717, 1.165) is 22.1 Å². The molecular formula is C27H27N3O3. The Kier molecular flexibility index (Phi) is 5.16. The third-order valence-electron chi connectivity index (χ3n) is 7.06. The molecule has 5 rings (SSSR count). The number of imide groups is 1. The second-order valence-corrected chi connectivity index (χ2v) is 9.19. The van der Waals surface area contributed by atoms with Crippen LogP contribution < -0.4 is 5.32 Å². The number of likely N-dealkylation sites (tertiary alicyclic amines) is 1. The van der Waals surface area contributed by atoms with Crippen LogP contribution in [0.15, 0.2) is 66.7 Å². The van der Waals surface area contributed by atoms with Gasteiger partial charge < -0.3 is 10.2 Å². The molecule has 3 aromatic carbocycles. The van der Waals surface area contributed by atoms with Crippen molar-refractivity contribution in [2.45, 2.75) is 31.7 Å². The highest BCUT2D eigenvalue weighted by Gasteiger charge is 2.50. The van der Waals surface area contributed by atoms with E-state index in [1.807, 2.05) is 54.6 Å². The number of carbonyl (C=O) groups is 3.